The number of aromatic nitrogens is 2. The van der Waals surface area contributed by atoms with Crippen LogP contribution in [0.15, 0.2) is 29.4 Å². The number of piperazine rings is 1. The van der Waals surface area contributed by atoms with Crippen molar-refractivity contribution in [2.75, 3.05) is 32.7 Å². The predicted octanol–water partition coefficient (Wildman–Crippen LogP) is 1.03. The van der Waals surface area contributed by atoms with Crippen LogP contribution in [0.1, 0.15) is 13.8 Å². The van der Waals surface area contributed by atoms with Crippen molar-refractivity contribution in [3.63, 3.8) is 0 Å². The summed E-state index contributed by atoms with van der Waals surface area (Å²) in [6.07, 6.45) is 3.17. The summed E-state index contributed by atoms with van der Waals surface area (Å²) in [4.78, 5) is 9.59. The molecular weight excluding hydrogens is 350 g/mol. The molecule has 2 aromatic heterocycles. The van der Waals surface area contributed by atoms with E-state index < -0.39 is 10.0 Å². The van der Waals surface area contributed by atoms with Gasteiger partial charge in [-0.15, -0.1) is 12.4 Å². The van der Waals surface area contributed by atoms with Gasteiger partial charge in [0.1, 0.15) is 10.5 Å². The van der Waals surface area contributed by atoms with Gasteiger partial charge in [-0.3, -0.25) is 4.90 Å². The molecule has 24 heavy (non-hydrogen) atoms. The first kappa shape index (κ1) is 19.1. The van der Waals surface area contributed by atoms with Crippen LogP contribution in [-0.2, 0) is 10.0 Å². The Labute approximate surface area is 148 Å². The Morgan fingerprint density at radius 1 is 1.29 bits per heavy atom. The maximum Gasteiger partial charge on any atom is 0.245 e. The average molecular weight is 374 g/mol. The molecule has 0 spiro atoms. The largest absolute Gasteiger partial charge is 0.345 e. The second-order valence-corrected chi connectivity index (χ2v) is 8.63. The molecule has 0 saturated carbocycles. The lowest BCUT2D eigenvalue weighted by molar-refractivity contribution is 0.162. The molecule has 0 unspecified atom stereocenters. The topological polar surface area (TPSA) is 95.3 Å². The molecule has 9 heteroatoms. The molecule has 3 heterocycles. The molecule has 1 aliphatic rings. The minimum Gasteiger partial charge on any atom is -0.345 e. The maximum absolute atomic E-state index is 12.9. The van der Waals surface area contributed by atoms with E-state index in [2.05, 4.69) is 14.9 Å². The number of nitrogens with zero attached hydrogens (tertiary/aromatic N) is 3. The summed E-state index contributed by atoms with van der Waals surface area (Å²) in [5, 5.41) is 0.637. The SMILES string of the molecule is CC(C)(N)CN1CCN(S(=O)(=O)c2c[nH]c3ncccc23)CC1.Cl. The molecular formula is C15H24ClN5O2S. The van der Waals surface area contributed by atoms with Crippen molar-refractivity contribution in [1.82, 2.24) is 19.2 Å². The summed E-state index contributed by atoms with van der Waals surface area (Å²) in [6, 6.07) is 3.52. The average Bonchev–Trinajstić information content (AvgIpc) is 2.90. The molecule has 3 rings (SSSR count). The molecule has 3 N–H and O–H groups in total. The van der Waals surface area contributed by atoms with Crippen LogP contribution in [0.4, 0.5) is 0 Å². The second kappa shape index (κ2) is 6.97. The number of H-pyrrole nitrogens is 1. The third-order valence-corrected chi connectivity index (χ3v) is 5.93. The molecule has 0 radical (unpaired) electrons. The van der Waals surface area contributed by atoms with Crippen molar-refractivity contribution in [3.8, 4) is 0 Å². The highest BCUT2D eigenvalue weighted by molar-refractivity contribution is 7.89. The number of aromatic amines is 1. The Morgan fingerprint density at radius 3 is 2.58 bits per heavy atom. The first-order valence-electron chi connectivity index (χ1n) is 7.71. The van der Waals surface area contributed by atoms with Crippen molar-refractivity contribution in [2.24, 2.45) is 5.73 Å². The van der Waals surface area contributed by atoms with Gasteiger partial charge in [0.25, 0.3) is 0 Å². The fourth-order valence-corrected chi connectivity index (χ4v) is 4.56. The molecule has 1 fully saturated rings. The molecule has 2 aromatic rings. The monoisotopic (exact) mass is 373 g/mol. The molecule has 0 atom stereocenters. The van der Waals surface area contributed by atoms with E-state index >= 15 is 0 Å². The molecule has 0 aromatic carbocycles. The second-order valence-electron chi connectivity index (χ2n) is 6.72. The van der Waals surface area contributed by atoms with Gasteiger partial charge in [0, 0.05) is 56.0 Å². The van der Waals surface area contributed by atoms with E-state index in [0.29, 0.717) is 42.1 Å². The Morgan fingerprint density at radius 2 is 1.96 bits per heavy atom. The first-order valence-corrected chi connectivity index (χ1v) is 9.15. The van der Waals surface area contributed by atoms with Crippen LogP contribution in [0.3, 0.4) is 0 Å². The van der Waals surface area contributed by atoms with Crippen LogP contribution < -0.4 is 5.73 Å². The number of pyridine rings is 1. The van der Waals surface area contributed by atoms with Crippen molar-refractivity contribution < 1.29 is 8.42 Å². The number of rotatable bonds is 4. The third kappa shape index (κ3) is 3.89. The Hall–Kier alpha value is -1.19. The molecule has 0 aliphatic carbocycles. The third-order valence-electron chi connectivity index (χ3n) is 3.99. The minimum atomic E-state index is -3.51. The normalized spacial score (nSPS) is 17.8. The smallest absolute Gasteiger partial charge is 0.245 e. The van der Waals surface area contributed by atoms with Gasteiger partial charge < -0.3 is 10.7 Å². The molecule has 1 aliphatic heterocycles. The molecule has 134 valence electrons. The van der Waals surface area contributed by atoms with E-state index in [9.17, 15) is 8.42 Å². The number of hydrogen-bond donors (Lipinski definition) is 2. The van der Waals surface area contributed by atoms with Crippen molar-refractivity contribution >= 4 is 33.5 Å². The minimum absolute atomic E-state index is 0. The van der Waals surface area contributed by atoms with Crippen LogP contribution in [0, 0.1) is 0 Å². The van der Waals surface area contributed by atoms with Gasteiger partial charge in [-0.25, -0.2) is 13.4 Å². The lowest BCUT2D eigenvalue weighted by Gasteiger charge is -2.37. The summed E-state index contributed by atoms with van der Waals surface area (Å²) in [7, 11) is -3.51. The molecule has 0 amide bonds. The van der Waals surface area contributed by atoms with Crippen LogP contribution in [0.5, 0.6) is 0 Å². The van der Waals surface area contributed by atoms with Gasteiger partial charge in [0.05, 0.1) is 0 Å². The number of sulfonamides is 1. The van der Waals surface area contributed by atoms with E-state index in [4.69, 9.17) is 5.73 Å². The van der Waals surface area contributed by atoms with Crippen LogP contribution >= 0.6 is 12.4 Å². The number of halogens is 1. The van der Waals surface area contributed by atoms with E-state index in [1.807, 2.05) is 13.8 Å². The van der Waals surface area contributed by atoms with Crippen molar-refractivity contribution in [2.45, 2.75) is 24.3 Å². The lowest BCUT2D eigenvalue weighted by Crippen LogP contribution is -2.53. The zero-order valence-electron chi connectivity index (χ0n) is 13.9. The summed E-state index contributed by atoms with van der Waals surface area (Å²) in [5.41, 5.74) is 6.36. The van der Waals surface area contributed by atoms with E-state index in [1.54, 1.807) is 22.6 Å². The fourth-order valence-electron chi connectivity index (χ4n) is 2.99. The Kier molecular flexibility index (Phi) is 5.56. The number of hydrogen-bond acceptors (Lipinski definition) is 5. The highest BCUT2D eigenvalue weighted by Crippen LogP contribution is 2.25. The number of nitrogens with two attached hydrogens (primary N) is 1. The summed E-state index contributed by atoms with van der Waals surface area (Å²) in [6.45, 7) is 7.07. The summed E-state index contributed by atoms with van der Waals surface area (Å²) in [5.74, 6) is 0. The van der Waals surface area contributed by atoms with Crippen LogP contribution in [-0.4, -0.2) is 65.9 Å². The van der Waals surface area contributed by atoms with E-state index in [0.717, 1.165) is 6.54 Å². The van der Waals surface area contributed by atoms with Gasteiger partial charge in [-0.05, 0) is 26.0 Å². The Balaban J connectivity index is 0.00000208. The van der Waals surface area contributed by atoms with Gasteiger partial charge in [0.2, 0.25) is 10.0 Å². The van der Waals surface area contributed by atoms with Crippen LogP contribution in [0.2, 0.25) is 0 Å². The molecule has 1 saturated heterocycles. The summed E-state index contributed by atoms with van der Waals surface area (Å²) >= 11 is 0. The first-order chi connectivity index (χ1) is 10.8. The fraction of sp³-hybridized carbons (Fsp3) is 0.533. The van der Waals surface area contributed by atoms with Crippen molar-refractivity contribution in [1.29, 1.82) is 0 Å². The zero-order chi connectivity index (χ0) is 16.7. The lowest BCUT2D eigenvalue weighted by atomic mass is 10.1. The molecule has 0 bridgehead atoms. The maximum atomic E-state index is 12.9. The van der Waals surface area contributed by atoms with E-state index in [-0.39, 0.29) is 17.9 Å². The van der Waals surface area contributed by atoms with Crippen LogP contribution in [0.25, 0.3) is 11.0 Å². The zero-order valence-corrected chi connectivity index (χ0v) is 15.5. The van der Waals surface area contributed by atoms with Gasteiger partial charge in [0.15, 0.2) is 0 Å². The summed E-state index contributed by atoms with van der Waals surface area (Å²) < 4.78 is 27.3. The molecule has 7 nitrogen and oxygen atoms in total. The highest BCUT2D eigenvalue weighted by Gasteiger charge is 2.31. The Bertz CT molecular complexity index is 792. The van der Waals surface area contributed by atoms with Gasteiger partial charge >= 0.3 is 0 Å². The predicted molar refractivity (Wildman–Crippen MR) is 96.8 cm³/mol. The van der Waals surface area contributed by atoms with Gasteiger partial charge in [-0.1, -0.05) is 0 Å². The van der Waals surface area contributed by atoms with Crippen molar-refractivity contribution in [3.05, 3.63) is 24.5 Å². The van der Waals surface area contributed by atoms with Gasteiger partial charge in [-0.2, -0.15) is 4.31 Å². The standard InChI is InChI=1S/C15H23N5O2S.ClH/c1-15(2,16)11-19-6-8-20(9-7-19)23(21,22)13-10-18-14-12(13)4-3-5-17-14;/h3-5,10H,6-9,11,16H2,1-2H3,(H,17,18);1H. The van der Waals surface area contributed by atoms with E-state index in [1.165, 1.54) is 6.20 Å². The quantitative estimate of drug-likeness (QED) is 0.834. The number of nitrogens with one attached hydrogen (secondary N) is 1. The highest BCUT2D eigenvalue weighted by atomic mass is 35.5. The number of fused-ring (bicyclic) bond motifs is 1.